The molecule has 0 spiro atoms. The average Bonchev–Trinajstić information content (AvgIpc) is 2.82. The zero-order valence-corrected chi connectivity index (χ0v) is 11.7. The van der Waals surface area contributed by atoms with Crippen LogP contribution in [-0.4, -0.2) is 12.5 Å². The number of benzene rings is 2. The van der Waals surface area contributed by atoms with E-state index >= 15 is 0 Å². The minimum absolute atomic E-state index is 0.104. The molecule has 2 nitrogen and oxygen atoms in total. The van der Waals surface area contributed by atoms with E-state index in [1.807, 2.05) is 36.4 Å². The molecule has 1 aliphatic rings. The summed E-state index contributed by atoms with van der Waals surface area (Å²) in [6, 6.07) is 20.7. The molecule has 0 aromatic heterocycles. The van der Waals surface area contributed by atoms with Crippen LogP contribution in [0.15, 0.2) is 60.7 Å². The Morgan fingerprint density at radius 1 is 0.950 bits per heavy atom. The summed E-state index contributed by atoms with van der Waals surface area (Å²) in [5, 5.41) is 2.99. The summed E-state index contributed by atoms with van der Waals surface area (Å²) in [6.07, 6.45) is 0.875. The maximum atomic E-state index is 12.4. The van der Waals surface area contributed by atoms with Crippen LogP contribution in [0.2, 0.25) is 0 Å². The quantitative estimate of drug-likeness (QED) is 0.906. The standard InChI is InChI=1S/C18H19NO/c1-18(12-13-19-17(18)20)16(14-8-4-2-5-9-14)15-10-6-3-7-11-15/h2-11,16H,12-13H2,1H3,(H,19,20). The van der Waals surface area contributed by atoms with Crippen molar-refractivity contribution < 1.29 is 4.79 Å². The lowest BCUT2D eigenvalue weighted by Crippen LogP contribution is -2.34. The van der Waals surface area contributed by atoms with Gasteiger partial charge >= 0.3 is 0 Å². The van der Waals surface area contributed by atoms with Gasteiger partial charge in [0, 0.05) is 12.5 Å². The molecular weight excluding hydrogens is 246 g/mol. The fourth-order valence-corrected chi connectivity index (χ4v) is 3.25. The molecule has 2 aromatic rings. The first-order valence-electron chi connectivity index (χ1n) is 7.10. The maximum absolute atomic E-state index is 12.4. The fourth-order valence-electron chi connectivity index (χ4n) is 3.25. The van der Waals surface area contributed by atoms with Crippen molar-refractivity contribution in [2.75, 3.05) is 6.54 Å². The second kappa shape index (κ2) is 5.12. The molecule has 1 saturated heterocycles. The molecule has 20 heavy (non-hydrogen) atoms. The molecule has 1 atom stereocenters. The molecule has 2 aromatic carbocycles. The third kappa shape index (κ3) is 2.11. The summed E-state index contributed by atoms with van der Waals surface area (Å²) >= 11 is 0. The monoisotopic (exact) mass is 265 g/mol. The molecule has 3 rings (SSSR count). The average molecular weight is 265 g/mol. The first kappa shape index (κ1) is 12.9. The van der Waals surface area contributed by atoms with Gasteiger partial charge in [0.25, 0.3) is 0 Å². The summed E-state index contributed by atoms with van der Waals surface area (Å²) in [5.74, 6) is 0.266. The molecule has 1 amide bonds. The van der Waals surface area contributed by atoms with Gasteiger partial charge in [-0.2, -0.15) is 0 Å². The highest BCUT2D eigenvalue weighted by atomic mass is 16.2. The van der Waals surface area contributed by atoms with Crippen LogP contribution in [0, 0.1) is 5.41 Å². The molecule has 102 valence electrons. The molecule has 1 aliphatic heterocycles. The molecule has 0 radical (unpaired) electrons. The topological polar surface area (TPSA) is 29.1 Å². The Labute approximate surface area is 119 Å². The fraction of sp³-hybridized carbons (Fsp3) is 0.278. The van der Waals surface area contributed by atoms with E-state index in [-0.39, 0.29) is 17.2 Å². The molecule has 0 aliphatic carbocycles. The van der Waals surface area contributed by atoms with Gasteiger partial charge in [-0.05, 0) is 24.5 Å². The lowest BCUT2D eigenvalue weighted by molar-refractivity contribution is -0.127. The van der Waals surface area contributed by atoms with Crippen molar-refractivity contribution in [3.63, 3.8) is 0 Å². The van der Waals surface area contributed by atoms with E-state index in [4.69, 9.17) is 0 Å². The van der Waals surface area contributed by atoms with Crippen molar-refractivity contribution in [3.05, 3.63) is 71.8 Å². The third-order valence-corrected chi connectivity index (χ3v) is 4.35. The summed E-state index contributed by atoms with van der Waals surface area (Å²) in [6.45, 7) is 2.85. The minimum Gasteiger partial charge on any atom is -0.356 e. The Hall–Kier alpha value is -2.09. The van der Waals surface area contributed by atoms with E-state index in [0.29, 0.717) is 0 Å². The molecule has 2 heteroatoms. The van der Waals surface area contributed by atoms with Gasteiger partial charge in [0.2, 0.25) is 5.91 Å². The van der Waals surface area contributed by atoms with Crippen molar-refractivity contribution in [2.45, 2.75) is 19.3 Å². The largest absolute Gasteiger partial charge is 0.356 e. The number of carbonyl (C=O) groups excluding carboxylic acids is 1. The predicted octanol–water partition coefficient (Wildman–Crippen LogP) is 3.34. The van der Waals surface area contributed by atoms with E-state index in [1.54, 1.807) is 0 Å². The highest BCUT2D eigenvalue weighted by Crippen LogP contribution is 2.45. The molecule has 1 heterocycles. The van der Waals surface area contributed by atoms with E-state index in [0.717, 1.165) is 13.0 Å². The van der Waals surface area contributed by atoms with E-state index in [1.165, 1.54) is 11.1 Å². The first-order chi connectivity index (χ1) is 9.72. The lowest BCUT2D eigenvalue weighted by atomic mass is 9.69. The Morgan fingerprint density at radius 2 is 1.45 bits per heavy atom. The molecule has 0 bridgehead atoms. The van der Waals surface area contributed by atoms with Crippen molar-refractivity contribution in [1.29, 1.82) is 0 Å². The van der Waals surface area contributed by atoms with Crippen molar-refractivity contribution in [3.8, 4) is 0 Å². The Kier molecular flexibility index (Phi) is 3.31. The summed E-state index contributed by atoms with van der Waals surface area (Å²) in [7, 11) is 0. The molecule has 1 N–H and O–H groups in total. The number of hydrogen-bond donors (Lipinski definition) is 1. The van der Waals surface area contributed by atoms with Crippen LogP contribution < -0.4 is 5.32 Å². The predicted molar refractivity (Wildman–Crippen MR) is 80.5 cm³/mol. The van der Waals surface area contributed by atoms with E-state index < -0.39 is 0 Å². The van der Waals surface area contributed by atoms with Crippen LogP contribution >= 0.6 is 0 Å². The zero-order chi connectivity index (χ0) is 14.0. The minimum atomic E-state index is -0.372. The summed E-state index contributed by atoms with van der Waals surface area (Å²) in [5.41, 5.74) is 2.04. The normalized spacial score (nSPS) is 22.0. The summed E-state index contributed by atoms with van der Waals surface area (Å²) < 4.78 is 0. The van der Waals surface area contributed by atoms with Crippen molar-refractivity contribution in [1.82, 2.24) is 5.32 Å². The molecular formula is C18H19NO. The summed E-state index contributed by atoms with van der Waals surface area (Å²) in [4.78, 5) is 12.4. The van der Waals surface area contributed by atoms with E-state index in [2.05, 4.69) is 36.5 Å². The number of rotatable bonds is 3. The Bertz CT molecular complexity index is 554. The Balaban J connectivity index is 2.12. The van der Waals surface area contributed by atoms with Crippen LogP contribution in [-0.2, 0) is 4.79 Å². The van der Waals surface area contributed by atoms with Crippen LogP contribution in [0.25, 0.3) is 0 Å². The van der Waals surface area contributed by atoms with E-state index in [9.17, 15) is 4.79 Å². The van der Waals surface area contributed by atoms with Crippen molar-refractivity contribution in [2.24, 2.45) is 5.41 Å². The van der Waals surface area contributed by atoms with Gasteiger partial charge in [-0.25, -0.2) is 0 Å². The molecule has 1 unspecified atom stereocenters. The molecule has 1 fully saturated rings. The van der Waals surface area contributed by atoms with Gasteiger partial charge < -0.3 is 5.32 Å². The second-order valence-corrected chi connectivity index (χ2v) is 5.68. The highest BCUT2D eigenvalue weighted by molar-refractivity contribution is 5.86. The number of nitrogens with one attached hydrogen (secondary N) is 1. The van der Waals surface area contributed by atoms with Gasteiger partial charge in [-0.1, -0.05) is 60.7 Å². The number of amides is 1. The maximum Gasteiger partial charge on any atom is 0.226 e. The van der Waals surface area contributed by atoms with Gasteiger partial charge in [0.1, 0.15) is 0 Å². The SMILES string of the molecule is CC1(C(c2ccccc2)c2ccccc2)CCNC1=O. The Morgan fingerprint density at radius 3 is 1.85 bits per heavy atom. The van der Waals surface area contributed by atoms with Crippen LogP contribution in [0.3, 0.4) is 0 Å². The van der Waals surface area contributed by atoms with Gasteiger partial charge in [-0.3, -0.25) is 4.79 Å². The zero-order valence-electron chi connectivity index (χ0n) is 11.7. The highest BCUT2D eigenvalue weighted by Gasteiger charge is 2.45. The number of hydrogen-bond acceptors (Lipinski definition) is 1. The first-order valence-corrected chi connectivity index (χ1v) is 7.10. The van der Waals surface area contributed by atoms with Gasteiger partial charge in [0.15, 0.2) is 0 Å². The molecule has 0 saturated carbocycles. The van der Waals surface area contributed by atoms with Gasteiger partial charge in [0.05, 0.1) is 5.41 Å². The van der Waals surface area contributed by atoms with Crippen LogP contribution in [0.5, 0.6) is 0 Å². The smallest absolute Gasteiger partial charge is 0.226 e. The second-order valence-electron chi connectivity index (χ2n) is 5.68. The third-order valence-electron chi connectivity index (χ3n) is 4.35. The van der Waals surface area contributed by atoms with Crippen molar-refractivity contribution >= 4 is 5.91 Å². The van der Waals surface area contributed by atoms with Crippen LogP contribution in [0.4, 0.5) is 0 Å². The van der Waals surface area contributed by atoms with Crippen LogP contribution in [0.1, 0.15) is 30.4 Å². The lowest BCUT2D eigenvalue weighted by Gasteiger charge is -2.32. The number of carbonyl (C=O) groups is 1. The van der Waals surface area contributed by atoms with Gasteiger partial charge in [-0.15, -0.1) is 0 Å².